The molecule has 0 saturated carbocycles. The van der Waals surface area contributed by atoms with Gasteiger partial charge in [-0.3, -0.25) is 9.20 Å². The molecule has 1 aliphatic heterocycles. The maximum Gasteiger partial charge on any atom is 0.260 e. The number of piperidine rings is 1. The molecule has 3 heterocycles. The quantitative estimate of drug-likeness (QED) is 0.688. The number of likely N-dealkylation sites (tertiary alicyclic amines) is 1. The zero-order valence-electron chi connectivity index (χ0n) is 14.5. The Hall–Kier alpha value is -2.67. The molecule has 0 unspecified atom stereocenters. The molecule has 1 fully saturated rings. The molecule has 1 amide bonds. The average molecular weight is 389 g/mol. The number of halogens is 2. The van der Waals surface area contributed by atoms with Gasteiger partial charge in [-0.2, -0.15) is 0 Å². The molecule has 1 aliphatic rings. The number of aromatic nitrogens is 3. The van der Waals surface area contributed by atoms with Gasteiger partial charge >= 0.3 is 0 Å². The Morgan fingerprint density at radius 2 is 2.04 bits per heavy atom. The maximum absolute atomic E-state index is 13.1. The van der Waals surface area contributed by atoms with Crippen LogP contribution in [0.1, 0.15) is 24.6 Å². The number of rotatable bonds is 4. The first-order chi connectivity index (χ1) is 13.1. The first-order valence-corrected chi connectivity index (χ1v) is 9.15. The van der Waals surface area contributed by atoms with Crippen LogP contribution in [0, 0.1) is 5.82 Å². The van der Waals surface area contributed by atoms with Crippen LogP contribution in [0.15, 0.2) is 42.6 Å². The van der Waals surface area contributed by atoms with Gasteiger partial charge in [0.2, 0.25) is 0 Å². The summed E-state index contributed by atoms with van der Waals surface area (Å²) >= 11 is 5.92. The maximum atomic E-state index is 13.1. The Labute approximate surface area is 160 Å². The van der Waals surface area contributed by atoms with Crippen LogP contribution >= 0.6 is 11.6 Å². The zero-order chi connectivity index (χ0) is 18.8. The standard InChI is InChI=1S/C19H18ClFN4O2/c20-15-11-14(21)4-5-16(15)27-12-18(26)24-9-6-13(7-10-24)19-23-22-17-3-1-2-8-25(17)19/h1-5,8,11,13H,6-7,9-10,12H2. The van der Waals surface area contributed by atoms with E-state index in [1.807, 2.05) is 28.8 Å². The SMILES string of the molecule is O=C(COc1ccc(F)cc1Cl)N1CCC(c2nnc3ccccn23)CC1. The van der Waals surface area contributed by atoms with Gasteiger partial charge < -0.3 is 9.64 Å². The first kappa shape index (κ1) is 17.7. The van der Waals surface area contributed by atoms with E-state index < -0.39 is 5.82 Å². The summed E-state index contributed by atoms with van der Waals surface area (Å²) in [5.74, 6) is 0.948. The fourth-order valence-electron chi connectivity index (χ4n) is 3.35. The minimum Gasteiger partial charge on any atom is -0.482 e. The van der Waals surface area contributed by atoms with Gasteiger partial charge in [-0.1, -0.05) is 17.7 Å². The van der Waals surface area contributed by atoms with Gasteiger partial charge in [-0.25, -0.2) is 4.39 Å². The van der Waals surface area contributed by atoms with Crippen molar-refractivity contribution in [2.24, 2.45) is 0 Å². The number of carbonyl (C=O) groups excluding carboxylic acids is 1. The second kappa shape index (κ2) is 7.52. The van der Waals surface area contributed by atoms with Crippen LogP contribution in [-0.4, -0.2) is 45.1 Å². The molecule has 4 rings (SSSR count). The number of ether oxygens (including phenoxy) is 1. The van der Waals surface area contributed by atoms with Crippen molar-refractivity contribution in [3.63, 3.8) is 0 Å². The van der Waals surface area contributed by atoms with E-state index in [4.69, 9.17) is 16.3 Å². The Balaban J connectivity index is 1.34. The summed E-state index contributed by atoms with van der Waals surface area (Å²) in [5.41, 5.74) is 0.829. The summed E-state index contributed by atoms with van der Waals surface area (Å²) < 4.78 is 20.5. The molecule has 1 saturated heterocycles. The Morgan fingerprint density at radius 1 is 1.22 bits per heavy atom. The molecule has 140 valence electrons. The summed E-state index contributed by atoms with van der Waals surface area (Å²) in [5, 5.41) is 8.67. The number of benzene rings is 1. The van der Waals surface area contributed by atoms with Gasteiger partial charge in [0, 0.05) is 25.2 Å². The van der Waals surface area contributed by atoms with Crippen molar-refractivity contribution in [3.8, 4) is 5.75 Å². The second-order valence-electron chi connectivity index (χ2n) is 6.51. The third-order valence-corrected chi connectivity index (χ3v) is 5.09. The predicted molar refractivity (Wildman–Crippen MR) is 98.4 cm³/mol. The first-order valence-electron chi connectivity index (χ1n) is 8.77. The molecule has 0 aliphatic carbocycles. The topological polar surface area (TPSA) is 59.7 Å². The lowest BCUT2D eigenvalue weighted by Gasteiger charge is -2.31. The minimum absolute atomic E-state index is 0.111. The molecule has 2 aromatic heterocycles. The fraction of sp³-hybridized carbons (Fsp3) is 0.316. The van der Waals surface area contributed by atoms with E-state index in [0.717, 1.165) is 30.4 Å². The van der Waals surface area contributed by atoms with E-state index in [1.54, 1.807) is 4.90 Å². The van der Waals surface area contributed by atoms with Crippen LogP contribution in [0.5, 0.6) is 5.75 Å². The van der Waals surface area contributed by atoms with Crippen LogP contribution in [0.3, 0.4) is 0 Å². The monoisotopic (exact) mass is 388 g/mol. The van der Waals surface area contributed by atoms with E-state index in [0.29, 0.717) is 18.8 Å². The summed E-state index contributed by atoms with van der Waals surface area (Å²) in [6.45, 7) is 1.14. The third kappa shape index (κ3) is 3.73. The molecule has 0 N–H and O–H groups in total. The molecular weight excluding hydrogens is 371 g/mol. The van der Waals surface area contributed by atoms with Gasteiger partial charge in [0.05, 0.1) is 5.02 Å². The highest BCUT2D eigenvalue weighted by Crippen LogP contribution is 2.28. The van der Waals surface area contributed by atoms with Crippen LogP contribution in [-0.2, 0) is 4.79 Å². The third-order valence-electron chi connectivity index (χ3n) is 4.80. The van der Waals surface area contributed by atoms with Gasteiger partial charge in [-0.15, -0.1) is 10.2 Å². The van der Waals surface area contributed by atoms with Crippen LogP contribution < -0.4 is 4.74 Å². The number of amides is 1. The van der Waals surface area contributed by atoms with E-state index in [2.05, 4.69) is 10.2 Å². The molecule has 6 nitrogen and oxygen atoms in total. The molecule has 1 aromatic carbocycles. The molecule has 0 spiro atoms. The minimum atomic E-state index is -0.443. The number of pyridine rings is 1. The van der Waals surface area contributed by atoms with Crippen LogP contribution in [0.2, 0.25) is 5.02 Å². The van der Waals surface area contributed by atoms with Crippen molar-refractivity contribution < 1.29 is 13.9 Å². The highest BCUT2D eigenvalue weighted by Gasteiger charge is 2.27. The van der Waals surface area contributed by atoms with E-state index in [9.17, 15) is 9.18 Å². The highest BCUT2D eigenvalue weighted by molar-refractivity contribution is 6.32. The van der Waals surface area contributed by atoms with E-state index in [1.165, 1.54) is 12.1 Å². The normalized spacial score (nSPS) is 15.3. The molecule has 0 radical (unpaired) electrons. The summed E-state index contributed by atoms with van der Waals surface area (Å²) in [6.07, 6.45) is 3.60. The zero-order valence-corrected chi connectivity index (χ0v) is 15.3. The van der Waals surface area contributed by atoms with Crippen molar-refractivity contribution in [2.45, 2.75) is 18.8 Å². The number of fused-ring (bicyclic) bond motifs is 1. The molecule has 8 heteroatoms. The lowest BCUT2D eigenvalue weighted by atomic mass is 9.96. The molecule has 0 bridgehead atoms. The lowest BCUT2D eigenvalue weighted by Crippen LogP contribution is -2.40. The smallest absolute Gasteiger partial charge is 0.260 e. The largest absolute Gasteiger partial charge is 0.482 e. The van der Waals surface area contributed by atoms with Crippen LogP contribution in [0.25, 0.3) is 5.65 Å². The Morgan fingerprint density at radius 3 is 2.81 bits per heavy atom. The molecule has 27 heavy (non-hydrogen) atoms. The Kier molecular flexibility index (Phi) is 4.94. The molecular formula is C19H18ClFN4O2. The van der Waals surface area contributed by atoms with Gasteiger partial charge in [-0.05, 0) is 43.2 Å². The second-order valence-corrected chi connectivity index (χ2v) is 6.91. The van der Waals surface area contributed by atoms with Crippen molar-refractivity contribution in [1.82, 2.24) is 19.5 Å². The van der Waals surface area contributed by atoms with Crippen molar-refractivity contribution >= 4 is 23.2 Å². The van der Waals surface area contributed by atoms with Crippen molar-refractivity contribution in [3.05, 3.63) is 59.3 Å². The summed E-state index contributed by atoms with van der Waals surface area (Å²) in [7, 11) is 0. The summed E-state index contributed by atoms with van der Waals surface area (Å²) in [6, 6.07) is 9.65. The fourth-order valence-corrected chi connectivity index (χ4v) is 3.57. The van der Waals surface area contributed by atoms with Gasteiger partial charge in [0.1, 0.15) is 17.4 Å². The van der Waals surface area contributed by atoms with Crippen molar-refractivity contribution in [2.75, 3.05) is 19.7 Å². The van der Waals surface area contributed by atoms with Gasteiger partial charge in [0.15, 0.2) is 12.3 Å². The molecule has 0 atom stereocenters. The van der Waals surface area contributed by atoms with Crippen LogP contribution in [0.4, 0.5) is 4.39 Å². The Bertz CT molecular complexity index is 969. The predicted octanol–water partition coefficient (Wildman–Crippen LogP) is 3.31. The van der Waals surface area contributed by atoms with E-state index in [-0.39, 0.29) is 23.5 Å². The molecule has 3 aromatic rings. The highest BCUT2D eigenvalue weighted by atomic mass is 35.5. The average Bonchev–Trinajstić information content (AvgIpc) is 3.11. The van der Waals surface area contributed by atoms with E-state index >= 15 is 0 Å². The number of hydrogen-bond donors (Lipinski definition) is 0. The number of carbonyl (C=O) groups is 1. The number of hydrogen-bond acceptors (Lipinski definition) is 4. The van der Waals surface area contributed by atoms with Gasteiger partial charge in [0.25, 0.3) is 5.91 Å². The number of nitrogens with zero attached hydrogens (tertiary/aromatic N) is 4. The van der Waals surface area contributed by atoms with Crippen molar-refractivity contribution in [1.29, 1.82) is 0 Å². The summed E-state index contributed by atoms with van der Waals surface area (Å²) in [4.78, 5) is 14.2. The lowest BCUT2D eigenvalue weighted by molar-refractivity contribution is -0.134.